The van der Waals surface area contributed by atoms with Gasteiger partial charge in [-0.25, -0.2) is 0 Å². The second kappa shape index (κ2) is 10.8. The lowest BCUT2D eigenvalue weighted by Crippen LogP contribution is -2.36. The van der Waals surface area contributed by atoms with E-state index in [4.69, 9.17) is 4.52 Å². The first-order chi connectivity index (χ1) is 11.3. The van der Waals surface area contributed by atoms with Crippen molar-refractivity contribution in [2.75, 3.05) is 13.6 Å². The Bertz CT molecular complexity index is 669. The van der Waals surface area contributed by atoms with Gasteiger partial charge >= 0.3 is 0 Å². The summed E-state index contributed by atoms with van der Waals surface area (Å²) < 4.78 is 5.33. The van der Waals surface area contributed by atoms with Gasteiger partial charge in [0.15, 0.2) is 11.8 Å². The van der Waals surface area contributed by atoms with Crippen molar-refractivity contribution in [1.29, 1.82) is 0 Å². The third kappa shape index (κ3) is 5.95. The zero-order valence-electron chi connectivity index (χ0n) is 14.1. The van der Waals surface area contributed by atoms with Gasteiger partial charge in [0.05, 0.1) is 0 Å². The van der Waals surface area contributed by atoms with E-state index in [0.717, 1.165) is 35.8 Å². The predicted octanol–water partition coefficient (Wildman–Crippen LogP) is 3.16. The topological polar surface area (TPSA) is 75.3 Å². The van der Waals surface area contributed by atoms with E-state index in [2.05, 4.69) is 39.3 Å². The summed E-state index contributed by atoms with van der Waals surface area (Å²) in [6.07, 6.45) is 3.62. The number of halogens is 1. The molecular weight excluding hydrogens is 417 g/mol. The third-order valence-corrected chi connectivity index (χ3v) is 3.21. The Kier molecular flexibility index (Phi) is 9.06. The fourth-order valence-electron chi connectivity index (χ4n) is 2.09. The van der Waals surface area contributed by atoms with E-state index in [1.807, 2.05) is 24.3 Å². The number of nitrogens with zero attached hydrogens (tertiary/aromatic N) is 3. The van der Waals surface area contributed by atoms with Gasteiger partial charge in [-0.3, -0.25) is 4.99 Å². The lowest BCUT2D eigenvalue weighted by atomic mass is 10.1. The number of guanidine groups is 1. The molecule has 1 aromatic carbocycles. The number of benzene rings is 1. The number of aryl methyl sites for hydroxylation is 1. The molecule has 0 atom stereocenters. The van der Waals surface area contributed by atoms with Gasteiger partial charge in [0.1, 0.15) is 0 Å². The average Bonchev–Trinajstić information content (AvgIpc) is 3.04. The van der Waals surface area contributed by atoms with Gasteiger partial charge in [-0.15, -0.1) is 30.6 Å². The molecule has 0 spiro atoms. The Hall–Kier alpha value is -1.90. The molecule has 24 heavy (non-hydrogen) atoms. The Morgan fingerprint density at radius 2 is 2.21 bits per heavy atom. The van der Waals surface area contributed by atoms with Crippen molar-refractivity contribution in [3.05, 3.63) is 48.3 Å². The van der Waals surface area contributed by atoms with E-state index in [9.17, 15) is 0 Å². The molecule has 0 amide bonds. The molecule has 6 nitrogen and oxygen atoms in total. The maximum Gasteiger partial charge on any atom is 0.257 e. The highest BCUT2D eigenvalue weighted by Gasteiger charge is 2.08. The van der Waals surface area contributed by atoms with Crippen LogP contribution in [-0.4, -0.2) is 29.7 Å². The molecule has 0 aliphatic rings. The van der Waals surface area contributed by atoms with Crippen LogP contribution in [0.5, 0.6) is 0 Å². The maximum atomic E-state index is 5.33. The number of aliphatic imine (C=N–C) groups is 1. The minimum atomic E-state index is 0. The molecule has 0 radical (unpaired) electrons. The van der Waals surface area contributed by atoms with Crippen LogP contribution in [0.15, 0.2) is 46.4 Å². The smallest absolute Gasteiger partial charge is 0.257 e. The highest BCUT2D eigenvalue weighted by molar-refractivity contribution is 14.0. The second-order valence-electron chi connectivity index (χ2n) is 5.06. The first-order valence-electron chi connectivity index (χ1n) is 7.74. The third-order valence-electron chi connectivity index (χ3n) is 3.21. The number of rotatable bonds is 7. The summed E-state index contributed by atoms with van der Waals surface area (Å²) in [5.41, 5.74) is 2.03. The van der Waals surface area contributed by atoms with Crippen molar-refractivity contribution < 1.29 is 4.52 Å². The van der Waals surface area contributed by atoms with Crippen LogP contribution in [0.4, 0.5) is 0 Å². The van der Waals surface area contributed by atoms with Crippen molar-refractivity contribution in [2.45, 2.75) is 26.3 Å². The van der Waals surface area contributed by atoms with Gasteiger partial charge in [0.25, 0.3) is 5.89 Å². The van der Waals surface area contributed by atoms with Gasteiger partial charge in [0, 0.05) is 32.1 Å². The molecular formula is C17H24IN5O. The molecule has 1 aromatic heterocycles. The fourth-order valence-corrected chi connectivity index (χ4v) is 2.09. The molecule has 0 fully saturated rings. The van der Waals surface area contributed by atoms with Crippen molar-refractivity contribution in [3.8, 4) is 11.5 Å². The second-order valence-corrected chi connectivity index (χ2v) is 5.06. The van der Waals surface area contributed by atoms with E-state index >= 15 is 0 Å². The minimum Gasteiger partial charge on any atom is -0.353 e. The van der Waals surface area contributed by atoms with Gasteiger partial charge < -0.3 is 15.2 Å². The van der Waals surface area contributed by atoms with E-state index in [0.29, 0.717) is 19.0 Å². The van der Waals surface area contributed by atoms with Crippen molar-refractivity contribution in [3.63, 3.8) is 0 Å². The SMILES string of the molecule is C=CCNC(=NC)NCc1cccc(-c2nc(CCC)no2)c1.I. The highest BCUT2D eigenvalue weighted by atomic mass is 127. The van der Waals surface area contributed by atoms with Crippen LogP contribution in [0.1, 0.15) is 24.7 Å². The summed E-state index contributed by atoms with van der Waals surface area (Å²) >= 11 is 0. The Labute approximate surface area is 159 Å². The van der Waals surface area contributed by atoms with Gasteiger partial charge in [-0.2, -0.15) is 4.98 Å². The van der Waals surface area contributed by atoms with E-state index in [1.54, 1.807) is 13.1 Å². The summed E-state index contributed by atoms with van der Waals surface area (Å²) in [5, 5.41) is 10.4. The zero-order valence-corrected chi connectivity index (χ0v) is 16.4. The predicted molar refractivity (Wildman–Crippen MR) is 108 cm³/mol. The molecule has 0 bridgehead atoms. The number of aromatic nitrogens is 2. The van der Waals surface area contributed by atoms with Crippen molar-refractivity contribution in [2.24, 2.45) is 4.99 Å². The molecule has 0 aliphatic carbocycles. The molecule has 0 aliphatic heterocycles. The van der Waals surface area contributed by atoms with Crippen LogP contribution in [0.2, 0.25) is 0 Å². The lowest BCUT2D eigenvalue weighted by Gasteiger charge is -2.10. The summed E-state index contributed by atoms with van der Waals surface area (Å²) in [6.45, 7) is 7.09. The monoisotopic (exact) mass is 441 g/mol. The lowest BCUT2D eigenvalue weighted by molar-refractivity contribution is 0.422. The summed E-state index contributed by atoms with van der Waals surface area (Å²) in [4.78, 5) is 8.57. The number of nitrogens with one attached hydrogen (secondary N) is 2. The molecule has 1 heterocycles. The Morgan fingerprint density at radius 3 is 2.92 bits per heavy atom. The van der Waals surface area contributed by atoms with Gasteiger partial charge in [-0.05, 0) is 24.1 Å². The van der Waals surface area contributed by atoms with Crippen molar-refractivity contribution >= 4 is 29.9 Å². The number of hydrogen-bond donors (Lipinski definition) is 2. The van der Waals surface area contributed by atoms with Crippen LogP contribution in [0.3, 0.4) is 0 Å². The average molecular weight is 441 g/mol. The van der Waals surface area contributed by atoms with Crippen LogP contribution >= 0.6 is 24.0 Å². The van der Waals surface area contributed by atoms with E-state index in [1.165, 1.54) is 0 Å². The Balaban J connectivity index is 0.00000288. The standard InChI is InChI=1S/C17H23N5O.HI/c1-4-7-15-21-16(23-22-15)14-9-6-8-13(11-14)12-20-17(18-3)19-10-5-2;/h5-6,8-9,11H,2,4,7,10,12H2,1,3H3,(H2,18,19,20);1H. The molecule has 2 aromatic rings. The fraction of sp³-hybridized carbons (Fsp3) is 0.353. The van der Waals surface area contributed by atoms with E-state index < -0.39 is 0 Å². The molecule has 130 valence electrons. The van der Waals surface area contributed by atoms with Crippen molar-refractivity contribution in [1.82, 2.24) is 20.8 Å². The summed E-state index contributed by atoms with van der Waals surface area (Å²) in [5.74, 6) is 2.04. The first-order valence-corrected chi connectivity index (χ1v) is 7.74. The first kappa shape index (κ1) is 20.1. The minimum absolute atomic E-state index is 0. The summed E-state index contributed by atoms with van der Waals surface area (Å²) in [6, 6.07) is 8.03. The quantitative estimate of drug-likeness (QED) is 0.299. The van der Waals surface area contributed by atoms with E-state index in [-0.39, 0.29) is 24.0 Å². The van der Waals surface area contributed by atoms with Crippen LogP contribution in [-0.2, 0) is 13.0 Å². The molecule has 0 unspecified atom stereocenters. The highest BCUT2D eigenvalue weighted by Crippen LogP contribution is 2.18. The molecule has 2 N–H and O–H groups in total. The van der Waals surface area contributed by atoms with Gasteiger partial charge in [-0.1, -0.05) is 30.3 Å². The van der Waals surface area contributed by atoms with Crippen LogP contribution < -0.4 is 10.6 Å². The number of hydrogen-bond acceptors (Lipinski definition) is 4. The van der Waals surface area contributed by atoms with Crippen LogP contribution in [0.25, 0.3) is 11.5 Å². The molecule has 2 rings (SSSR count). The maximum absolute atomic E-state index is 5.33. The molecule has 0 saturated carbocycles. The Morgan fingerprint density at radius 1 is 1.38 bits per heavy atom. The largest absolute Gasteiger partial charge is 0.353 e. The molecule has 7 heteroatoms. The molecule has 0 saturated heterocycles. The van der Waals surface area contributed by atoms with Crippen LogP contribution in [0, 0.1) is 0 Å². The summed E-state index contributed by atoms with van der Waals surface area (Å²) in [7, 11) is 1.74. The zero-order chi connectivity index (χ0) is 16.5. The normalized spacial score (nSPS) is 10.8. The van der Waals surface area contributed by atoms with Gasteiger partial charge in [0.2, 0.25) is 0 Å².